The number of fused-ring (bicyclic) bond motifs is 1. The SMILES string of the molecule is CC(C)C(C(N)=O)n1c(CCl)nc2c(F)cccc21. The van der Waals surface area contributed by atoms with Gasteiger partial charge in [-0.1, -0.05) is 19.9 Å². The van der Waals surface area contributed by atoms with E-state index < -0.39 is 17.8 Å². The maximum Gasteiger partial charge on any atom is 0.240 e. The summed E-state index contributed by atoms with van der Waals surface area (Å²) in [6.45, 7) is 3.75. The molecule has 0 saturated heterocycles. The molecule has 2 N–H and O–H groups in total. The number of amides is 1. The van der Waals surface area contributed by atoms with Crippen molar-refractivity contribution < 1.29 is 9.18 Å². The number of para-hydroxylation sites is 1. The van der Waals surface area contributed by atoms with Crippen molar-refractivity contribution in [1.29, 1.82) is 0 Å². The maximum absolute atomic E-state index is 13.7. The van der Waals surface area contributed by atoms with E-state index in [2.05, 4.69) is 4.98 Å². The van der Waals surface area contributed by atoms with Crippen LogP contribution in [0.5, 0.6) is 0 Å². The number of nitrogens with zero attached hydrogens (tertiary/aromatic N) is 2. The van der Waals surface area contributed by atoms with Crippen LogP contribution in [0.2, 0.25) is 0 Å². The second-order valence-electron chi connectivity index (χ2n) is 4.73. The van der Waals surface area contributed by atoms with E-state index in [1.807, 2.05) is 13.8 Å². The lowest BCUT2D eigenvalue weighted by Gasteiger charge is -2.21. The third kappa shape index (κ3) is 2.30. The number of rotatable bonds is 4. The second kappa shape index (κ2) is 5.17. The molecule has 0 spiro atoms. The molecular weight excluding hydrogens is 269 g/mol. The molecule has 2 aromatic rings. The molecule has 1 aromatic carbocycles. The van der Waals surface area contributed by atoms with Crippen LogP contribution in [0.1, 0.15) is 25.7 Å². The number of aromatic nitrogens is 2. The monoisotopic (exact) mass is 283 g/mol. The predicted molar refractivity (Wildman–Crippen MR) is 72.3 cm³/mol. The Kier molecular flexibility index (Phi) is 3.75. The number of carbonyl (C=O) groups is 1. The van der Waals surface area contributed by atoms with E-state index in [1.54, 1.807) is 16.7 Å². The van der Waals surface area contributed by atoms with Crippen molar-refractivity contribution in [3.05, 3.63) is 29.8 Å². The minimum absolute atomic E-state index is 0.0415. The van der Waals surface area contributed by atoms with E-state index in [1.165, 1.54) is 6.07 Å². The smallest absolute Gasteiger partial charge is 0.240 e. The molecule has 1 unspecified atom stereocenters. The van der Waals surface area contributed by atoms with Crippen LogP contribution in [0.4, 0.5) is 4.39 Å². The highest BCUT2D eigenvalue weighted by atomic mass is 35.5. The van der Waals surface area contributed by atoms with Crippen LogP contribution < -0.4 is 5.73 Å². The normalized spacial score (nSPS) is 13.1. The molecule has 1 amide bonds. The van der Waals surface area contributed by atoms with Crippen molar-refractivity contribution in [2.75, 3.05) is 0 Å². The number of hydrogen-bond donors (Lipinski definition) is 1. The summed E-state index contributed by atoms with van der Waals surface area (Å²) in [5.74, 6) is -0.427. The molecule has 19 heavy (non-hydrogen) atoms. The standard InChI is InChI=1S/C13H15ClFN3O/c1-7(2)12(13(16)19)18-9-5-3-4-8(15)11(9)17-10(18)6-14/h3-5,7,12H,6H2,1-2H3,(H2,16,19). The average Bonchev–Trinajstić information content (AvgIpc) is 2.69. The molecule has 4 nitrogen and oxygen atoms in total. The van der Waals surface area contributed by atoms with Gasteiger partial charge in [-0.3, -0.25) is 4.79 Å². The number of hydrogen-bond acceptors (Lipinski definition) is 2. The van der Waals surface area contributed by atoms with E-state index in [0.717, 1.165) is 0 Å². The number of nitrogens with two attached hydrogens (primary N) is 1. The van der Waals surface area contributed by atoms with Gasteiger partial charge in [-0.25, -0.2) is 9.37 Å². The van der Waals surface area contributed by atoms with Gasteiger partial charge in [0.05, 0.1) is 11.4 Å². The third-order valence-electron chi connectivity index (χ3n) is 3.06. The van der Waals surface area contributed by atoms with E-state index in [0.29, 0.717) is 11.3 Å². The number of imidazole rings is 1. The number of alkyl halides is 1. The van der Waals surface area contributed by atoms with E-state index >= 15 is 0 Å². The first-order valence-electron chi connectivity index (χ1n) is 5.98. The van der Waals surface area contributed by atoms with Crippen molar-refractivity contribution in [2.24, 2.45) is 11.7 Å². The summed E-state index contributed by atoms with van der Waals surface area (Å²) in [6, 6.07) is 4.01. The van der Waals surface area contributed by atoms with Crippen LogP contribution in [0.25, 0.3) is 11.0 Å². The highest BCUT2D eigenvalue weighted by molar-refractivity contribution is 6.17. The van der Waals surface area contributed by atoms with E-state index in [9.17, 15) is 9.18 Å². The van der Waals surface area contributed by atoms with Crippen LogP contribution in [0, 0.1) is 11.7 Å². The first-order chi connectivity index (χ1) is 8.97. The molecule has 0 aliphatic heterocycles. The first kappa shape index (κ1) is 13.8. The Labute approximate surface area is 115 Å². The number of carbonyl (C=O) groups excluding carboxylic acids is 1. The molecule has 1 atom stereocenters. The Hall–Kier alpha value is -1.62. The zero-order valence-electron chi connectivity index (χ0n) is 10.7. The molecule has 1 aromatic heterocycles. The fourth-order valence-electron chi connectivity index (χ4n) is 2.29. The lowest BCUT2D eigenvalue weighted by Crippen LogP contribution is -2.31. The van der Waals surface area contributed by atoms with Crippen LogP contribution in [-0.4, -0.2) is 15.5 Å². The predicted octanol–water partition coefficient (Wildman–Crippen LogP) is 2.60. The number of benzene rings is 1. The van der Waals surface area contributed by atoms with Crippen LogP contribution >= 0.6 is 11.6 Å². The van der Waals surface area contributed by atoms with Crippen molar-refractivity contribution in [3.63, 3.8) is 0 Å². The molecule has 0 aliphatic carbocycles. The Bertz CT molecular complexity index is 624. The van der Waals surface area contributed by atoms with Crippen LogP contribution in [0.15, 0.2) is 18.2 Å². The van der Waals surface area contributed by atoms with Gasteiger partial charge in [-0.15, -0.1) is 11.6 Å². The Morgan fingerprint density at radius 2 is 2.21 bits per heavy atom. The minimum atomic E-state index is -0.597. The van der Waals surface area contributed by atoms with Gasteiger partial charge in [0, 0.05) is 0 Å². The number of primary amides is 1. The van der Waals surface area contributed by atoms with E-state index in [4.69, 9.17) is 17.3 Å². The summed E-state index contributed by atoms with van der Waals surface area (Å²) in [5, 5.41) is 0. The van der Waals surface area contributed by atoms with Gasteiger partial charge >= 0.3 is 0 Å². The fraction of sp³-hybridized carbons (Fsp3) is 0.385. The van der Waals surface area contributed by atoms with Crippen molar-refractivity contribution in [3.8, 4) is 0 Å². The van der Waals surface area contributed by atoms with Gasteiger partial charge in [0.25, 0.3) is 0 Å². The molecule has 0 aliphatic rings. The van der Waals surface area contributed by atoms with Gasteiger partial charge in [0.1, 0.15) is 17.4 Å². The molecule has 2 rings (SSSR count). The molecule has 0 bridgehead atoms. The average molecular weight is 284 g/mol. The second-order valence-corrected chi connectivity index (χ2v) is 5.00. The third-order valence-corrected chi connectivity index (χ3v) is 3.30. The largest absolute Gasteiger partial charge is 0.368 e. The van der Waals surface area contributed by atoms with Gasteiger partial charge in [0.15, 0.2) is 5.82 Å². The van der Waals surface area contributed by atoms with Crippen molar-refractivity contribution in [2.45, 2.75) is 25.8 Å². The lowest BCUT2D eigenvalue weighted by atomic mass is 10.0. The molecule has 0 saturated carbocycles. The Balaban J connectivity index is 2.76. The zero-order chi connectivity index (χ0) is 14.2. The molecule has 1 heterocycles. The van der Waals surface area contributed by atoms with Gasteiger partial charge in [0.2, 0.25) is 5.91 Å². The minimum Gasteiger partial charge on any atom is -0.368 e. The quantitative estimate of drug-likeness (QED) is 0.877. The molecule has 0 radical (unpaired) electrons. The molecular formula is C13H15ClFN3O. The highest BCUT2D eigenvalue weighted by Crippen LogP contribution is 2.28. The maximum atomic E-state index is 13.7. The van der Waals surface area contributed by atoms with Crippen LogP contribution in [0.3, 0.4) is 0 Å². The molecule has 0 fully saturated rings. The van der Waals surface area contributed by atoms with Gasteiger partial charge < -0.3 is 10.3 Å². The molecule has 6 heteroatoms. The topological polar surface area (TPSA) is 60.9 Å². The van der Waals surface area contributed by atoms with E-state index in [-0.39, 0.29) is 17.3 Å². The summed E-state index contributed by atoms with van der Waals surface area (Å²) < 4.78 is 15.4. The van der Waals surface area contributed by atoms with Gasteiger partial charge in [-0.05, 0) is 18.1 Å². The summed E-state index contributed by atoms with van der Waals surface area (Å²) in [7, 11) is 0. The number of halogens is 2. The summed E-state index contributed by atoms with van der Waals surface area (Å²) in [4.78, 5) is 15.8. The summed E-state index contributed by atoms with van der Waals surface area (Å²) >= 11 is 5.85. The van der Waals surface area contributed by atoms with Crippen LogP contribution in [-0.2, 0) is 10.7 Å². The summed E-state index contributed by atoms with van der Waals surface area (Å²) in [5.41, 5.74) is 6.21. The highest BCUT2D eigenvalue weighted by Gasteiger charge is 2.26. The van der Waals surface area contributed by atoms with Crippen molar-refractivity contribution in [1.82, 2.24) is 9.55 Å². The lowest BCUT2D eigenvalue weighted by molar-refractivity contribution is -0.122. The zero-order valence-corrected chi connectivity index (χ0v) is 11.5. The Morgan fingerprint density at radius 3 is 2.74 bits per heavy atom. The van der Waals surface area contributed by atoms with Crippen molar-refractivity contribution >= 4 is 28.5 Å². The Morgan fingerprint density at radius 1 is 1.53 bits per heavy atom. The first-order valence-corrected chi connectivity index (χ1v) is 6.51. The fourth-order valence-corrected chi connectivity index (χ4v) is 2.48. The molecule has 102 valence electrons. The van der Waals surface area contributed by atoms with Gasteiger partial charge in [-0.2, -0.15) is 0 Å². The summed E-state index contributed by atoms with van der Waals surface area (Å²) in [6.07, 6.45) is 0.